The number of hydrogen-bond acceptors (Lipinski definition) is 3. The Morgan fingerprint density at radius 2 is 1.96 bits per heavy atom. The van der Waals surface area contributed by atoms with Crippen LogP contribution in [-0.2, 0) is 5.60 Å². The Labute approximate surface area is 138 Å². The second kappa shape index (κ2) is 4.96. The third-order valence-corrected chi connectivity index (χ3v) is 4.30. The Morgan fingerprint density at radius 1 is 1.21 bits per heavy atom. The fourth-order valence-corrected chi connectivity index (χ4v) is 3.35. The molecule has 1 aliphatic rings. The van der Waals surface area contributed by atoms with Gasteiger partial charge < -0.3 is 14.8 Å². The van der Waals surface area contributed by atoms with Crippen molar-refractivity contribution >= 4 is 5.97 Å². The van der Waals surface area contributed by atoms with Crippen molar-refractivity contribution in [2.24, 2.45) is 0 Å². The molecule has 2 aromatic heterocycles. The van der Waals surface area contributed by atoms with Gasteiger partial charge in [-0.15, -0.1) is 0 Å². The van der Waals surface area contributed by atoms with Crippen LogP contribution in [0.25, 0.3) is 22.4 Å². The highest BCUT2D eigenvalue weighted by molar-refractivity contribution is 5.99. The maximum absolute atomic E-state index is 11.9. The van der Waals surface area contributed by atoms with E-state index in [0.717, 1.165) is 22.4 Å². The summed E-state index contributed by atoms with van der Waals surface area (Å²) in [5, 5.41) is 9.71. The number of aromatic nitrogens is 2. The second-order valence-electron chi connectivity index (χ2n) is 6.28. The zero-order chi connectivity index (χ0) is 16.9. The first-order chi connectivity index (χ1) is 11.5. The van der Waals surface area contributed by atoms with Gasteiger partial charge in [-0.2, -0.15) is 0 Å². The number of hydrogen-bond donors (Lipinski definition) is 2. The van der Waals surface area contributed by atoms with Crippen molar-refractivity contribution in [1.82, 2.24) is 9.97 Å². The molecule has 0 aliphatic carbocycles. The van der Waals surface area contributed by atoms with E-state index in [4.69, 9.17) is 4.74 Å². The molecule has 0 bridgehead atoms. The number of nitrogens with one attached hydrogen (secondary N) is 1. The van der Waals surface area contributed by atoms with Crippen molar-refractivity contribution in [2.45, 2.75) is 19.4 Å². The molecule has 24 heavy (non-hydrogen) atoms. The fraction of sp³-hybridized carbons (Fsp3) is 0.158. The molecule has 120 valence electrons. The van der Waals surface area contributed by atoms with E-state index < -0.39 is 11.6 Å². The number of aromatic amines is 1. The van der Waals surface area contributed by atoms with Crippen LogP contribution in [0.2, 0.25) is 0 Å². The van der Waals surface area contributed by atoms with Crippen molar-refractivity contribution in [2.75, 3.05) is 0 Å². The van der Waals surface area contributed by atoms with Gasteiger partial charge in [0.05, 0.1) is 11.9 Å². The summed E-state index contributed by atoms with van der Waals surface area (Å²) in [5.41, 5.74) is 3.47. The Balaban J connectivity index is 2.10. The highest BCUT2D eigenvalue weighted by Crippen LogP contribution is 2.49. The molecule has 3 aromatic rings. The second-order valence-corrected chi connectivity index (χ2v) is 6.28. The summed E-state index contributed by atoms with van der Waals surface area (Å²) in [6, 6.07) is 11.4. The maximum Gasteiger partial charge on any atom is 0.352 e. The lowest BCUT2D eigenvalue weighted by molar-refractivity contribution is 0.0692. The predicted octanol–water partition coefficient (Wildman–Crippen LogP) is 4.07. The molecule has 0 amide bonds. The van der Waals surface area contributed by atoms with E-state index in [2.05, 4.69) is 9.97 Å². The van der Waals surface area contributed by atoms with E-state index in [9.17, 15) is 9.90 Å². The van der Waals surface area contributed by atoms with Crippen LogP contribution in [-0.4, -0.2) is 21.0 Å². The smallest absolute Gasteiger partial charge is 0.352 e. The quantitative estimate of drug-likeness (QED) is 0.746. The number of ether oxygens (including phenoxy) is 1. The molecule has 0 saturated carbocycles. The molecule has 1 aliphatic heterocycles. The standard InChI is InChI=1S/C19H16N2O3/c1-19(2)15-14(11-6-4-3-5-7-11)17(18(22)23)21-16(15)12-8-9-20-10-13(12)24-19/h3-10,21H,1-2H3,(H,22,23). The first-order valence-corrected chi connectivity index (χ1v) is 7.67. The molecular weight excluding hydrogens is 304 g/mol. The Morgan fingerprint density at radius 3 is 2.67 bits per heavy atom. The molecule has 4 rings (SSSR count). The van der Waals surface area contributed by atoms with Crippen LogP contribution < -0.4 is 4.74 Å². The minimum Gasteiger partial charge on any atom is -0.481 e. The van der Waals surface area contributed by atoms with Gasteiger partial charge in [-0.05, 0) is 25.5 Å². The average molecular weight is 320 g/mol. The minimum atomic E-state index is -0.991. The fourth-order valence-electron chi connectivity index (χ4n) is 3.35. The first kappa shape index (κ1) is 14.5. The number of carboxylic acid groups (broad SMARTS) is 1. The van der Waals surface area contributed by atoms with Crippen LogP contribution in [0.4, 0.5) is 0 Å². The van der Waals surface area contributed by atoms with Gasteiger partial charge in [-0.25, -0.2) is 4.79 Å². The first-order valence-electron chi connectivity index (χ1n) is 7.67. The van der Waals surface area contributed by atoms with Gasteiger partial charge >= 0.3 is 5.97 Å². The third kappa shape index (κ3) is 2.01. The van der Waals surface area contributed by atoms with Crippen LogP contribution in [0.15, 0.2) is 48.8 Å². The third-order valence-electron chi connectivity index (χ3n) is 4.30. The van der Waals surface area contributed by atoms with Crippen molar-refractivity contribution in [3.63, 3.8) is 0 Å². The summed E-state index contributed by atoms with van der Waals surface area (Å²) in [4.78, 5) is 19.1. The largest absolute Gasteiger partial charge is 0.481 e. The number of aromatic carboxylic acids is 1. The summed E-state index contributed by atoms with van der Waals surface area (Å²) >= 11 is 0. The van der Waals surface area contributed by atoms with Gasteiger partial charge in [-0.3, -0.25) is 4.98 Å². The number of fused-ring (bicyclic) bond motifs is 3. The summed E-state index contributed by atoms with van der Waals surface area (Å²) in [7, 11) is 0. The van der Waals surface area contributed by atoms with Gasteiger partial charge in [0.1, 0.15) is 17.0 Å². The van der Waals surface area contributed by atoms with Gasteiger partial charge in [-0.1, -0.05) is 30.3 Å². The summed E-state index contributed by atoms with van der Waals surface area (Å²) in [6.07, 6.45) is 3.33. The van der Waals surface area contributed by atoms with E-state index in [-0.39, 0.29) is 5.69 Å². The van der Waals surface area contributed by atoms with Crippen molar-refractivity contribution in [1.29, 1.82) is 0 Å². The van der Waals surface area contributed by atoms with Crippen molar-refractivity contribution < 1.29 is 14.6 Å². The highest BCUT2D eigenvalue weighted by Gasteiger charge is 2.39. The molecule has 1 aromatic carbocycles. The minimum absolute atomic E-state index is 0.174. The molecule has 0 unspecified atom stereocenters. The number of carboxylic acids is 1. The topological polar surface area (TPSA) is 75.2 Å². The highest BCUT2D eigenvalue weighted by atomic mass is 16.5. The molecule has 0 fully saturated rings. The van der Waals surface area contributed by atoms with Crippen LogP contribution in [0.1, 0.15) is 29.9 Å². The average Bonchev–Trinajstić information content (AvgIpc) is 2.97. The number of carbonyl (C=O) groups is 1. The van der Waals surface area contributed by atoms with Crippen LogP contribution in [0, 0.1) is 0 Å². The van der Waals surface area contributed by atoms with Gasteiger partial charge in [0, 0.05) is 22.9 Å². The lowest BCUT2D eigenvalue weighted by atomic mass is 9.86. The maximum atomic E-state index is 11.9. The normalized spacial score (nSPS) is 14.4. The predicted molar refractivity (Wildman–Crippen MR) is 90.1 cm³/mol. The number of benzene rings is 1. The molecule has 0 saturated heterocycles. The molecule has 0 spiro atoms. The lowest BCUT2D eigenvalue weighted by Crippen LogP contribution is -2.29. The van der Waals surface area contributed by atoms with Crippen molar-refractivity contribution in [3.05, 3.63) is 60.0 Å². The van der Waals surface area contributed by atoms with Gasteiger partial charge in [0.25, 0.3) is 0 Å². The Bertz CT molecular complexity index is 943. The Hall–Kier alpha value is -3.08. The van der Waals surface area contributed by atoms with E-state index >= 15 is 0 Å². The van der Waals surface area contributed by atoms with Gasteiger partial charge in [0.2, 0.25) is 0 Å². The van der Waals surface area contributed by atoms with Crippen LogP contribution >= 0.6 is 0 Å². The molecule has 0 radical (unpaired) electrons. The Kier molecular flexibility index (Phi) is 3.00. The number of rotatable bonds is 2. The van der Waals surface area contributed by atoms with Gasteiger partial charge in [0.15, 0.2) is 0 Å². The molecule has 5 heteroatoms. The molecule has 0 atom stereocenters. The van der Waals surface area contributed by atoms with E-state index in [1.54, 1.807) is 12.4 Å². The van der Waals surface area contributed by atoms with E-state index in [0.29, 0.717) is 11.3 Å². The molecule has 5 nitrogen and oxygen atoms in total. The lowest BCUT2D eigenvalue weighted by Gasteiger charge is -2.33. The van der Waals surface area contributed by atoms with E-state index in [1.165, 1.54) is 0 Å². The molecule has 2 N–H and O–H groups in total. The van der Waals surface area contributed by atoms with Crippen LogP contribution in [0.5, 0.6) is 5.75 Å². The molecule has 3 heterocycles. The summed E-state index contributed by atoms with van der Waals surface area (Å²) < 4.78 is 6.13. The van der Waals surface area contributed by atoms with E-state index in [1.807, 2.05) is 50.2 Å². The SMILES string of the molecule is CC1(C)Oc2cnccc2-c2[nH]c(C(=O)O)c(-c3ccccc3)c21. The van der Waals surface area contributed by atoms with Crippen molar-refractivity contribution in [3.8, 4) is 28.1 Å². The number of pyridine rings is 1. The van der Waals surface area contributed by atoms with Crippen LogP contribution in [0.3, 0.4) is 0 Å². The number of nitrogens with zero attached hydrogens (tertiary/aromatic N) is 1. The monoisotopic (exact) mass is 320 g/mol. The summed E-state index contributed by atoms with van der Waals surface area (Å²) in [6.45, 7) is 3.88. The molecular formula is C19H16N2O3. The zero-order valence-corrected chi connectivity index (χ0v) is 13.3. The zero-order valence-electron chi connectivity index (χ0n) is 13.3. The summed E-state index contributed by atoms with van der Waals surface area (Å²) in [5.74, 6) is -0.345. The number of H-pyrrole nitrogens is 1.